The lowest BCUT2D eigenvalue weighted by molar-refractivity contribution is -0.114. The minimum absolute atomic E-state index is 0.0107. The third-order valence-corrected chi connectivity index (χ3v) is 4.64. The zero-order valence-electron chi connectivity index (χ0n) is 14.8. The van der Waals surface area contributed by atoms with Crippen LogP contribution in [0.25, 0.3) is 10.9 Å². The molecule has 26 heavy (non-hydrogen) atoms. The van der Waals surface area contributed by atoms with Crippen molar-refractivity contribution in [2.24, 2.45) is 0 Å². The highest BCUT2D eigenvalue weighted by Crippen LogP contribution is 2.29. The Labute approximate surface area is 156 Å². The zero-order chi connectivity index (χ0) is 18.8. The first-order valence-electron chi connectivity index (χ1n) is 8.18. The van der Waals surface area contributed by atoms with Gasteiger partial charge in [0.2, 0.25) is 5.91 Å². The molecule has 0 unspecified atom stereocenters. The number of anilines is 2. The van der Waals surface area contributed by atoms with Gasteiger partial charge in [0.15, 0.2) is 5.82 Å². The fourth-order valence-corrected chi connectivity index (χ4v) is 3.13. The van der Waals surface area contributed by atoms with E-state index >= 15 is 0 Å². The van der Waals surface area contributed by atoms with Crippen LogP contribution in [-0.2, 0) is 4.79 Å². The van der Waals surface area contributed by atoms with Crippen molar-refractivity contribution in [1.29, 1.82) is 0 Å². The predicted octanol–water partition coefficient (Wildman–Crippen LogP) is 4.72. The van der Waals surface area contributed by atoms with Gasteiger partial charge in [0.25, 0.3) is 0 Å². The third-order valence-electron chi connectivity index (χ3n) is 4.32. The monoisotopic (exact) mass is 371 g/mol. The fraction of sp³-hybridized carbons (Fsp3) is 0.200. The Balaban J connectivity index is 1.82. The summed E-state index contributed by atoms with van der Waals surface area (Å²) in [4.78, 5) is 18.0. The molecule has 3 aromatic rings. The van der Waals surface area contributed by atoms with Crippen LogP contribution in [0.15, 0.2) is 42.6 Å². The summed E-state index contributed by atoms with van der Waals surface area (Å²) in [5.41, 5.74) is 3.24. The molecule has 0 radical (unpaired) electrons. The second-order valence-corrected chi connectivity index (χ2v) is 6.67. The molecule has 1 heterocycles. The summed E-state index contributed by atoms with van der Waals surface area (Å²) in [7, 11) is 1.67. The molecular formula is C20H19ClFN3O. The number of likely N-dealkylation sites (N-methyl/N-ethyl adjacent to an activating group) is 1. The number of halogens is 2. The average Bonchev–Trinajstić information content (AvgIpc) is 2.59. The van der Waals surface area contributed by atoms with Crippen LogP contribution in [0.1, 0.15) is 11.1 Å². The van der Waals surface area contributed by atoms with Crippen LogP contribution in [0.5, 0.6) is 0 Å². The van der Waals surface area contributed by atoms with Crippen molar-refractivity contribution in [3.63, 3.8) is 0 Å². The molecule has 0 atom stereocenters. The topological polar surface area (TPSA) is 45.2 Å². The molecule has 2 aromatic carbocycles. The number of hydrogen-bond acceptors (Lipinski definition) is 3. The zero-order valence-corrected chi connectivity index (χ0v) is 15.6. The van der Waals surface area contributed by atoms with E-state index in [1.807, 2.05) is 32.0 Å². The SMILES string of the molecule is Cc1cccc(C)c1NC(=O)CN(C)c1ccc2c(Cl)ccnc2c1F. The van der Waals surface area contributed by atoms with Crippen molar-refractivity contribution in [1.82, 2.24) is 4.98 Å². The summed E-state index contributed by atoms with van der Waals surface area (Å²) in [5.74, 6) is -0.712. The fourth-order valence-electron chi connectivity index (χ4n) is 2.93. The minimum Gasteiger partial charge on any atom is -0.363 e. The Morgan fingerprint density at radius 1 is 1.19 bits per heavy atom. The van der Waals surface area contributed by atoms with E-state index in [2.05, 4.69) is 10.3 Å². The van der Waals surface area contributed by atoms with E-state index in [1.165, 1.54) is 6.20 Å². The van der Waals surface area contributed by atoms with E-state index in [1.54, 1.807) is 30.1 Å². The maximum absolute atomic E-state index is 14.8. The van der Waals surface area contributed by atoms with E-state index in [-0.39, 0.29) is 18.0 Å². The second kappa shape index (κ2) is 7.30. The van der Waals surface area contributed by atoms with Crippen LogP contribution in [0, 0.1) is 19.7 Å². The number of amides is 1. The molecular weight excluding hydrogens is 353 g/mol. The molecule has 0 fully saturated rings. The summed E-state index contributed by atoms with van der Waals surface area (Å²) < 4.78 is 14.8. The molecule has 134 valence electrons. The summed E-state index contributed by atoms with van der Waals surface area (Å²) in [6.07, 6.45) is 1.46. The minimum atomic E-state index is -0.493. The molecule has 0 aliphatic heterocycles. The number of rotatable bonds is 4. The summed E-state index contributed by atoms with van der Waals surface area (Å²) in [6, 6.07) is 10.7. The lowest BCUT2D eigenvalue weighted by Gasteiger charge is -2.21. The van der Waals surface area contributed by atoms with Crippen LogP contribution >= 0.6 is 11.6 Å². The lowest BCUT2D eigenvalue weighted by Crippen LogP contribution is -2.31. The number of benzene rings is 2. The smallest absolute Gasteiger partial charge is 0.243 e. The molecule has 0 spiro atoms. The van der Waals surface area contributed by atoms with Crippen LogP contribution in [0.3, 0.4) is 0 Å². The molecule has 3 rings (SSSR count). The number of pyridine rings is 1. The highest BCUT2D eigenvalue weighted by Gasteiger charge is 2.16. The van der Waals surface area contributed by atoms with Crippen molar-refractivity contribution >= 4 is 39.8 Å². The number of nitrogens with zero attached hydrogens (tertiary/aromatic N) is 2. The summed E-state index contributed by atoms with van der Waals surface area (Å²) >= 11 is 6.08. The van der Waals surface area contributed by atoms with Crippen molar-refractivity contribution < 1.29 is 9.18 Å². The standard InChI is InChI=1S/C20H19ClFN3O/c1-12-5-4-6-13(2)19(12)24-17(26)11-25(3)16-8-7-14-15(21)9-10-23-20(14)18(16)22/h4-10H,11H2,1-3H3,(H,24,26). The highest BCUT2D eigenvalue weighted by atomic mass is 35.5. The number of fused-ring (bicyclic) bond motifs is 1. The predicted molar refractivity (Wildman–Crippen MR) is 105 cm³/mol. The van der Waals surface area contributed by atoms with Gasteiger partial charge in [0.1, 0.15) is 5.52 Å². The highest BCUT2D eigenvalue weighted by molar-refractivity contribution is 6.35. The van der Waals surface area contributed by atoms with E-state index in [9.17, 15) is 9.18 Å². The Morgan fingerprint density at radius 3 is 2.58 bits per heavy atom. The maximum atomic E-state index is 14.8. The van der Waals surface area contributed by atoms with Gasteiger partial charge >= 0.3 is 0 Å². The van der Waals surface area contributed by atoms with E-state index in [0.717, 1.165) is 16.8 Å². The van der Waals surface area contributed by atoms with Crippen LogP contribution in [0.2, 0.25) is 5.02 Å². The number of aryl methyl sites for hydroxylation is 2. The van der Waals surface area contributed by atoms with E-state index < -0.39 is 5.82 Å². The average molecular weight is 372 g/mol. The molecule has 4 nitrogen and oxygen atoms in total. The van der Waals surface area contributed by atoms with Crippen molar-refractivity contribution in [2.45, 2.75) is 13.8 Å². The molecule has 0 bridgehead atoms. The Morgan fingerprint density at radius 2 is 1.88 bits per heavy atom. The van der Waals surface area contributed by atoms with Gasteiger partial charge in [-0.2, -0.15) is 0 Å². The van der Waals surface area contributed by atoms with Crippen molar-refractivity contribution in [2.75, 3.05) is 23.8 Å². The number of nitrogens with one attached hydrogen (secondary N) is 1. The first-order chi connectivity index (χ1) is 12.4. The van der Waals surface area contributed by atoms with Gasteiger partial charge in [0, 0.05) is 24.3 Å². The van der Waals surface area contributed by atoms with Gasteiger partial charge in [-0.05, 0) is 43.2 Å². The molecule has 0 aliphatic rings. The first kappa shape index (κ1) is 18.1. The van der Waals surface area contributed by atoms with E-state index in [4.69, 9.17) is 11.6 Å². The number of para-hydroxylation sites is 1. The van der Waals surface area contributed by atoms with E-state index in [0.29, 0.717) is 16.1 Å². The number of carbonyl (C=O) groups is 1. The summed E-state index contributed by atoms with van der Waals surface area (Å²) in [6.45, 7) is 3.88. The normalized spacial score (nSPS) is 10.8. The molecule has 1 aromatic heterocycles. The van der Waals surface area contributed by atoms with Gasteiger partial charge in [-0.1, -0.05) is 29.8 Å². The largest absolute Gasteiger partial charge is 0.363 e. The van der Waals surface area contributed by atoms with Crippen LogP contribution in [-0.4, -0.2) is 24.5 Å². The first-order valence-corrected chi connectivity index (χ1v) is 8.56. The van der Waals surface area contributed by atoms with Crippen LogP contribution in [0.4, 0.5) is 15.8 Å². The third kappa shape index (κ3) is 3.48. The second-order valence-electron chi connectivity index (χ2n) is 6.26. The van der Waals surface area contributed by atoms with Gasteiger partial charge in [-0.25, -0.2) is 4.39 Å². The lowest BCUT2D eigenvalue weighted by atomic mass is 10.1. The molecule has 0 aliphatic carbocycles. The van der Waals surface area contributed by atoms with Gasteiger partial charge in [-0.3, -0.25) is 9.78 Å². The Hall–Kier alpha value is -2.66. The molecule has 1 N–H and O–H groups in total. The van der Waals surface area contributed by atoms with Crippen molar-refractivity contribution in [3.8, 4) is 0 Å². The number of hydrogen-bond donors (Lipinski definition) is 1. The Kier molecular flexibility index (Phi) is 5.09. The van der Waals surface area contributed by atoms with Gasteiger partial charge in [-0.15, -0.1) is 0 Å². The maximum Gasteiger partial charge on any atom is 0.243 e. The summed E-state index contributed by atoms with van der Waals surface area (Å²) in [5, 5.41) is 3.89. The quantitative estimate of drug-likeness (QED) is 0.721. The molecule has 0 saturated heterocycles. The van der Waals surface area contributed by atoms with Gasteiger partial charge in [0.05, 0.1) is 17.3 Å². The van der Waals surface area contributed by atoms with Crippen molar-refractivity contribution in [3.05, 3.63) is 64.6 Å². The molecule has 0 saturated carbocycles. The number of aromatic nitrogens is 1. The van der Waals surface area contributed by atoms with Gasteiger partial charge < -0.3 is 10.2 Å². The molecule has 1 amide bonds. The number of carbonyl (C=O) groups excluding carboxylic acids is 1. The molecule has 6 heteroatoms. The Bertz CT molecular complexity index is 970. The van der Waals surface area contributed by atoms with Crippen LogP contribution < -0.4 is 10.2 Å².